The van der Waals surface area contributed by atoms with E-state index in [0.29, 0.717) is 5.76 Å². The molecule has 3 heteroatoms. The number of rotatable bonds is 3. The molecule has 0 fully saturated rings. The summed E-state index contributed by atoms with van der Waals surface area (Å²) in [6.07, 6.45) is 6.08. The van der Waals surface area contributed by atoms with Crippen LogP contribution in [0.25, 0.3) is 0 Å². The van der Waals surface area contributed by atoms with Crippen molar-refractivity contribution in [2.75, 3.05) is 0 Å². The van der Waals surface area contributed by atoms with Crippen LogP contribution >= 0.6 is 0 Å². The zero-order chi connectivity index (χ0) is 8.97. The van der Waals surface area contributed by atoms with Crippen molar-refractivity contribution in [2.24, 2.45) is 0 Å². The van der Waals surface area contributed by atoms with Crippen LogP contribution in [-0.2, 0) is 4.74 Å². The summed E-state index contributed by atoms with van der Waals surface area (Å²) in [7, 11) is 0. The van der Waals surface area contributed by atoms with Crippen molar-refractivity contribution in [1.82, 2.24) is 0 Å². The highest BCUT2D eigenvalue weighted by atomic mass is 19.3. The number of hydrogen-bond acceptors (Lipinski definition) is 1. The number of alkyl halides is 2. The summed E-state index contributed by atoms with van der Waals surface area (Å²) in [6, 6.07) is 0. The Labute approximate surface area is 70.7 Å². The predicted molar refractivity (Wildman–Crippen MR) is 42.8 cm³/mol. The number of hydrogen-bond donors (Lipinski definition) is 0. The third-order valence-electron chi connectivity index (χ3n) is 1.84. The van der Waals surface area contributed by atoms with E-state index in [4.69, 9.17) is 0 Å². The van der Waals surface area contributed by atoms with Gasteiger partial charge >= 0.3 is 6.61 Å². The summed E-state index contributed by atoms with van der Waals surface area (Å²) in [5.74, 6) is 0.313. The topological polar surface area (TPSA) is 9.23 Å². The van der Waals surface area contributed by atoms with Crippen molar-refractivity contribution < 1.29 is 13.5 Å². The van der Waals surface area contributed by atoms with E-state index >= 15 is 0 Å². The average molecular weight is 174 g/mol. The smallest absolute Gasteiger partial charge is 0.387 e. The molecule has 1 nitrogen and oxygen atoms in total. The van der Waals surface area contributed by atoms with E-state index in [2.05, 4.69) is 4.74 Å². The molecule has 1 aliphatic rings. The summed E-state index contributed by atoms with van der Waals surface area (Å²) in [5, 5.41) is 0. The van der Waals surface area contributed by atoms with Gasteiger partial charge in [0.1, 0.15) is 5.76 Å². The van der Waals surface area contributed by atoms with Gasteiger partial charge in [0, 0.05) is 0 Å². The Balaban J connectivity index is 2.54. The molecular weight excluding hydrogens is 162 g/mol. The van der Waals surface area contributed by atoms with E-state index in [1.807, 2.05) is 6.92 Å². The van der Waals surface area contributed by atoms with E-state index < -0.39 is 6.61 Å². The molecule has 12 heavy (non-hydrogen) atoms. The van der Waals surface area contributed by atoms with Gasteiger partial charge in [-0.2, -0.15) is 8.78 Å². The van der Waals surface area contributed by atoms with E-state index in [1.54, 1.807) is 12.2 Å². The fourth-order valence-corrected chi connectivity index (χ4v) is 1.20. The molecule has 0 saturated heterocycles. The number of ether oxygens (including phenoxy) is 1. The first-order valence-corrected chi connectivity index (χ1v) is 4.06. The Morgan fingerprint density at radius 1 is 1.58 bits per heavy atom. The normalized spacial score (nSPS) is 17.3. The van der Waals surface area contributed by atoms with Crippen LogP contribution in [-0.4, -0.2) is 6.61 Å². The maximum Gasteiger partial charge on any atom is 0.387 e. The third-order valence-corrected chi connectivity index (χ3v) is 1.84. The molecule has 0 saturated carbocycles. The molecule has 0 N–H and O–H groups in total. The largest absolute Gasteiger partial charge is 0.435 e. The molecule has 0 unspecified atom stereocenters. The average Bonchev–Trinajstić information content (AvgIpc) is 2.03. The highest BCUT2D eigenvalue weighted by molar-refractivity contribution is 5.23. The van der Waals surface area contributed by atoms with Gasteiger partial charge in [-0.25, -0.2) is 0 Å². The molecule has 0 atom stereocenters. The molecule has 0 bridgehead atoms. The lowest BCUT2D eigenvalue weighted by atomic mass is 10.0. The Hall–Kier alpha value is -0.860. The predicted octanol–water partition coefficient (Wildman–Crippen LogP) is 3.24. The van der Waals surface area contributed by atoms with Crippen LogP contribution in [0.1, 0.15) is 26.2 Å². The van der Waals surface area contributed by atoms with Gasteiger partial charge in [0.2, 0.25) is 0 Å². The molecule has 0 aromatic rings. The van der Waals surface area contributed by atoms with Crippen LogP contribution in [0.15, 0.2) is 23.5 Å². The lowest BCUT2D eigenvalue weighted by molar-refractivity contribution is -0.0925. The second-order valence-electron chi connectivity index (χ2n) is 2.68. The van der Waals surface area contributed by atoms with Gasteiger partial charge in [-0.15, -0.1) is 0 Å². The zero-order valence-corrected chi connectivity index (χ0v) is 7.02. The highest BCUT2D eigenvalue weighted by Gasteiger charge is 2.09. The van der Waals surface area contributed by atoms with Crippen LogP contribution in [0.3, 0.4) is 0 Å². The van der Waals surface area contributed by atoms with Crippen LogP contribution < -0.4 is 0 Å². The van der Waals surface area contributed by atoms with Crippen molar-refractivity contribution in [2.45, 2.75) is 32.8 Å². The second kappa shape index (κ2) is 4.24. The van der Waals surface area contributed by atoms with Crippen molar-refractivity contribution in [1.29, 1.82) is 0 Å². The molecule has 0 aromatic heterocycles. The molecule has 0 heterocycles. The Kier molecular flexibility index (Phi) is 3.26. The van der Waals surface area contributed by atoms with Crippen molar-refractivity contribution in [3.8, 4) is 0 Å². The van der Waals surface area contributed by atoms with Crippen LogP contribution in [0, 0.1) is 0 Å². The Morgan fingerprint density at radius 2 is 2.33 bits per heavy atom. The van der Waals surface area contributed by atoms with Crippen LogP contribution in [0.4, 0.5) is 8.78 Å². The van der Waals surface area contributed by atoms with Crippen LogP contribution in [0.5, 0.6) is 0 Å². The first kappa shape index (κ1) is 9.23. The Morgan fingerprint density at radius 3 is 2.92 bits per heavy atom. The van der Waals surface area contributed by atoms with Gasteiger partial charge in [0.05, 0.1) is 0 Å². The molecule has 68 valence electrons. The van der Waals surface area contributed by atoms with Gasteiger partial charge in [-0.05, 0) is 31.4 Å². The van der Waals surface area contributed by atoms with Gasteiger partial charge < -0.3 is 4.74 Å². The van der Waals surface area contributed by atoms with E-state index in [1.165, 1.54) is 5.57 Å². The number of allylic oxidation sites excluding steroid dienone is 3. The monoisotopic (exact) mass is 174 g/mol. The maximum atomic E-state index is 11.8. The maximum absolute atomic E-state index is 11.8. The zero-order valence-electron chi connectivity index (χ0n) is 7.02. The summed E-state index contributed by atoms with van der Waals surface area (Å²) >= 11 is 0. The number of halogens is 2. The minimum atomic E-state index is -2.70. The van der Waals surface area contributed by atoms with E-state index in [9.17, 15) is 8.78 Å². The van der Waals surface area contributed by atoms with Crippen molar-refractivity contribution >= 4 is 0 Å². The second-order valence-corrected chi connectivity index (χ2v) is 2.68. The lowest BCUT2D eigenvalue weighted by Gasteiger charge is -2.12. The molecule has 1 aliphatic carbocycles. The molecule has 1 rings (SSSR count). The first-order valence-electron chi connectivity index (χ1n) is 4.06. The summed E-state index contributed by atoms with van der Waals surface area (Å²) in [4.78, 5) is 0. The van der Waals surface area contributed by atoms with Crippen LogP contribution in [0.2, 0.25) is 0 Å². The molecular formula is C9H12F2O. The molecule has 0 aromatic carbocycles. The first-order chi connectivity index (χ1) is 5.72. The van der Waals surface area contributed by atoms with Gasteiger partial charge in [-0.1, -0.05) is 12.5 Å². The molecule has 0 radical (unpaired) electrons. The summed E-state index contributed by atoms with van der Waals surface area (Å²) in [5.41, 5.74) is 1.17. The minimum Gasteiger partial charge on any atom is -0.435 e. The minimum absolute atomic E-state index is 0.313. The van der Waals surface area contributed by atoms with Gasteiger partial charge in [0.25, 0.3) is 0 Å². The molecule has 0 amide bonds. The Bertz CT molecular complexity index is 207. The van der Waals surface area contributed by atoms with Crippen molar-refractivity contribution in [3.63, 3.8) is 0 Å². The van der Waals surface area contributed by atoms with Gasteiger partial charge in [-0.3, -0.25) is 0 Å². The fourth-order valence-electron chi connectivity index (χ4n) is 1.20. The SMILES string of the molecule is CCC1=CC(OC(F)F)=CCC1. The molecule has 0 spiro atoms. The third kappa shape index (κ3) is 2.64. The summed E-state index contributed by atoms with van der Waals surface area (Å²) < 4.78 is 27.8. The van der Waals surface area contributed by atoms with Gasteiger partial charge in [0.15, 0.2) is 0 Å². The molecule has 0 aliphatic heterocycles. The van der Waals surface area contributed by atoms with E-state index in [-0.39, 0.29) is 0 Å². The van der Waals surface area contributed by atoms with Crippen molar-refractivity contribution in [3.05, 3.63) is 23.5 Å². The highest BCUT2D eigenvalue weighted by Crippen LogP contribution is 2.21. The standard InChI is InChI=1S/C9H12F2O/c1-2-7-4-3-5-8(6-7)12-9(10)11/h5-6,9H,2-4H2,1H3. The quantitative estimate of drug-likeness (QED) is 0.638. The fraction of sp³-hybridized carbons (Fsp3) is 0.556. The summed E-state index contributed by atoms with van der Waals surface area (Å²) in [6.45, 7) is -0.694. The lowest BCUT2D eigenvalue weighted by Crippen LogP contribution is -2.01. The van der Waals surface area contributed by atoms with E-state index in [0.717, 1.165) is 19.3 Å².